The highest BCUT2D eigenvalue weighted by atomic mass is 16.2. The minimum Gasteiger partial charge on any atom is -0.333 e. The molecule has 0 bridgehead atoms. The fraction of sp³-hybridized carbons (Fsp3) is 0.286. The second-order valence-corrected chi connectivity index (χ2v) is 6.74. The van der Waals surface area contributed by atoms with Crippen LogP contribution in [0.2, 0.25) is 0 Å². The van der Waals surface area contributed by atoms with Gasteiger partial charge in [-0.15, -0.1) is 0 Å². The van der Waals surface area contributed by atoms with Crippen LogP contribution in [0, 0.1) is 0 Å². The summed E-state index contributed by atoms with van der Waals surface area (Å²) in [6, 6.07) is 18.5. The van der Waals surface area contributed by atoms with Gasteiger partial charge in [0.2, 0.25) is 5.91 Å². The highest BCUT2D eigenvalue weighted by Crippen LogP contribution is 2.33. The first kappa shape index (κ1) is 16.5. The molecular weight excluding hydrogens is 324 g/mol. The van der Waals surface area contributed by atoms with Crippen LogP contribution in [-0.4, -0.2) is 32.1 Å². The molecule has 1 aliphatic rings. The van der Waals surface area contributed by atoms with Gasteiger partial charge in [0, 0.05) is 6.54 Å². The molecule has 2 atom stereocenters. The molecule has 2 aromatic carbocycles. The largest absolute Gasteiger partial charge is 0.333 e. The molecule has 5 nitrogen and oxygen atoms in total. The minimum absolute atomic E-state index is 0.0424. The molecule has 0 saturated heterocycles. The fourth-order valence-corrected chi connectivity index (χ4v) is 3.74. The maximum Gasteiger partial charge on any atom is 0.247 e. The Morgan fingerprint density at radius 3 is 2.69 bits per heavy atom. The molecule has 0 unspecified atom stereocenters. The summed E-state index contributed by atoms with van der Waals surface area (Å²) in [6.07, 6.45) is 4.77. The highest BCUT2D eigenvalue weighted by molar-refractivity contribution is 5.81. The van der Waals surface area contributed by atoms with Gasteiger partial charge < -0.3 is 4.90 Å². The Morgan fingerprint density at radius 2 is 1.92 bits per heavy atom. The maximum atomic E-state index is 13.2. The van der Waals surface area contributed by atoms with Crippen molar-refractivity contribution in [2.75, 3.05) is 6.54 Å². The van der Waals surface area contributed by atoms with E-state index in [1.807, 2.05) is 30.0 Å². The molecule has 5 heteroatoms. The summed E-state index contributed by atoms with van der Waals surface area (Å²) in [5.41, 5.74) is 3.83. The molecule has 1 amide bonds. The Hall–Kier alpha value is -2.95. The van der Waals surface area contributed by atoms with Crippen molar-refractivity contribution in [3.63, 3.8) is 0 Å². The monoisotopic (exact) mass is 346 g/mol. The van der Waals surface area contributed by atoms with E-state index < -0.39 is 0 Å². The van der Waals surface area contributed by atoms with Crippen molar-refractivity contribution in [2.24, 2.45) is 0 Å². The molecule has 0 fully saturated rings. The second-order valence-electron chi connectivity index (χ2n) is 6.74. The number of hydrogen-bond donors (Lipinski definition) is 0. The Balaban J connectivity index is 1.67. The van der Waals surface area contributed by atoms with E-state index in [1.165, 1.54) is 23.0 Å². The lowest BCUT2D eigenvalue weighted by Crippen LogP contribution is -2.44. The SMILES string of the molecule is C[C@H](C(=O)N1CCc2ccccc2[C@H]1Cc1ccccc1)n1cncn1. The van der Waals surface area contributed by atoms with Gasteiger partial charge in [-0.3, -0.25) is 4.79 Å². The quantitative estimate of drug-likeness (QED) is 0.729. The lowest BCUT2D eigenvalue weighted by atomic mass is 9.88. The summed E-state index contributed by atoms with van der Waals surface area (Å²) in [4.78, 5) is 19.2. The second kappa shape index (κ2) is 7.12. The molecule has 132 valence electrons. The molecule has 4 rings (SSSR count). The number of carbonyl (C=O) groups is 1. The molecule has 0 radical (unpaired) electrons. The minimum atomic E-state index is -0.360. The van der Waals surface area contributed by atoms with Crippen LogP contribution >= 0.6 is 0 Å². The highest BCUT2D eigenvalue weighted by Gasteiger charge is 2.33. The Labute approximate surface area is 153 Å². The lowest BCUT2D eigenvalue weighted by molar-refractivity contribution is -0.137. The standard InChI is InChI=1S/C21H22N4O/c1-16(25-15-22-14-23-25)21(26)24-12-11-18-9-5-6-10-19(18)20(24)13-17-7-3-2-4-8-17/h2-10,14-16,20H,11-13H2,1H3/t16-,20-/m1/s1. The van der Waals surface area contributed by atoms with Crippen molar-refractivity contribution in [3.8, 4) is 0 Å². The maximum absolute atomic E-state index is 13.2. The third kappa shape index (κ3) is 3.12. The number of amides is 1. The fourth-order valence-electron chi connectivity index (χ4n) is 3.74. The van der Waals surface area contributed by atoms with E-state index in [-0.39, 0.29) is 18.0 Å². The van der Waals surface area contributed by atoms with Crippen LogP contribution in [0.3, 0.4) is 0 Å². The van der Waals surface area contributed by atoms with Crippen LogP contribution in [0.25, 0.3) is 0 Å². The Morgan fingerprint density at radius 1 is 1.15 bits per heavy atom. The molecule has 1 aliphatic heterocycles. The summed E-state index contributed by atoms with van der Waals surface area (Å²) in [7, 11) is 0. The Bertz CT molecular complexity index is 876. The summed E-state index contributed by atoms with van der Waals surface area (Å²) in [6.45, 7) is 2.61. The van der Waals surface area contributed by atoms with Gasteiger partial charge in [-0.05, 0) is 36.5 Å². The molecule has 0 aliphatic carbocycles. The number of carbonyl (C=O) groups excluding carboxylic acids is 1. The van der Waals surface area contributed by atoms with Crippen molar-refractivity contribution in [2.45, 2.75) is 31.8 Å². The van der Waals surface area contributed by atoms with E-state index in [0.717, 1.165) is 19.4 Å². The molecule has 0 spiro atoms. The van der Waals surface area contributed by atoms with E-state index in [9.17, 15) is 4.79 Å². The molecule has 2 heterocycles. The average molecular weight is 346 g/mol. The van der Waals surface area contributed by atoms with Crippen molar-refractivity contribution >= 4 is 5.91 Å². The number of hydrogen-bond acceptors (Lipinski definition) is 3. The van der Waals surface area contributed by atoms with Gasteiger partial charge in [0.1, 0.15) is 18.7 Å². The van der Waals surface area contributed by atoms with Crippen LogP contribution in [0.4, 0.5) is 0 Å². The lowest BCUT2D eigenvalue weighted by Gasteiger charge is -2.39. The first-order chi connectivity index (χ1) is 12.7. The number of nitrogens with zero attached hydrogens (tertiary/aromatic N) is 4. The molecule has 3 aromatic rings. The zero-order chi connectivity index (χ0) is 17.9. The van der Waals surface area contributed by atoms with Gasteiger partial charge in [0.25, 0.3) is 0 Å². The average Bonchev–Trinajstić information content (AvgIpc) is 3.23. The zero-order valence-corrected chi connectivity index (χ0v) is 14.8. The van der Waals surface area contributed by atoms with Crippen molar-refractivity contribution < 1.29 is 4.79 Å². The van der Waals surface area contributed by atoms with Crippen LogP contribution < -0.4 is 0 Å². The van der Waals surface area contributed by atoms with Gasteiger partial charge in [-0.25, -0.2) is 9.67 Å². The van der Waals surface area contributed by atoms with Crippen LogP contribution in [0.5, 0.6) is 0 Å². The third-order valence-electron chi connectivity index (χ3n) is 5.16. The van der Waals surface area contributed by atoms with Crippen LogP contribution in [-0.2, 0) is 17.6 Å². The first-order valence-electron chi connectivity index (χ1n) is 9.00. The van der Waals surface area contributed by atoms with Crippen molar-refractivity contribution in [1.29, 1.82) is 0 Å². The van der Waals surface area contributed by atoms with Gasteiger partial charge in [0.05, 0.1) is 6.04 Å². The zero-order valence-electron chi connectivity index (χ0n) is 14.8. The number of aromatic nitrogens is 3. The van der Waals surface area contributed by atoms with E-state index >= 15 is 0 Å². The van der Waals surface area contributed by atoms with Crippen molar-refractivity contribution in [3.05, 3.63) is 83.9 Å². The number of benzene rings is 2. The summed E-state index contributed by atoms with van der Waals surface area (Å²) in [5.74, 6) is 0.0888. The van der Waals surface area contributed by atoms with Gasteiger partial charge in [-0.1, -0.05) is 54.6 Å². The van der Waals surface area contributed by atoms with Crippen LogP contribution in [0.15, 0.2) is 67.3 Å². The van der Waals surface area contributed by atoms with Gasteiger partial charge >= 0.3 is 0 Å². The number of rotatable bonds is 4. The Kier molecular flexibility index (Phi) is 4.52. The molecule has 0 saturated carbocycles. The summed E-state index contributed by atoms with van der Waals surface area (Å²) in [5, 5.41) is 4.14. The van der Waals surface area contributed by atoms with Crippen molar-refractivity contribution in [1.82, 2.24) is 19.7 Å². The van der Waals surface area contributed by atoms with Gasteiger partial charge in [0.15, 0.2) is 0 Å². The predicted molar refractivity (Wildman–Crippen MR) is 99.5 cm³/mol. The summed E-state index contributed by atoms with van der Waals surface area (Å²) < 4.78 is 1.63. The summed E-state index contributed by atoms with van der Waals surface area (Å²) >= 11 is 0. The van der Waals surface area contributed by atoms with E-state index in [2.05, 4.69) is 46.5 Å². The molecular formula is C21H22N4O. The predicted octanol–water partition coefficient (Wildman–Crippen LogP) is 3.21. The first-order valence-corrected chi connectivity index (χ1v) is 9.00. The normalized spacial score (nSPS) is 17.6. The van der Waals surface area contributed by atoms with E-state index in [4.69, 9.17) is 0 Å². The molecule has 1 aromatic heterocycles. The molecule has 0 N–H and O–H groups in total. The van der Waals surface area contributed by atoms with Crippen LogP contribution in [0.1, 0.15) is 35.7 Å². The third-order valence-corrected chi connectivity index (χ3v) is 5.16. The smallest absolute Gasteiger partial charge is 0.247 e. The van der Waals surface area contributed by atoms with E-state index in [1.54, 1.807) is 11.0 Å². The van der Waals surface area contributed by atoms with Gasteiger partial charge in [-0.2, -0.15) is 5.10 Å². The molecule has 26 heavy (non-hydrogen) atoms. The van der Waals surface area contributed by atoms with E-state index in [0.29, 0.717) is 0 Å². The number of fused-ring (bicyclic) bond motifs is 1. The topological polar surface area (TPSA) is 51.0 Å².